The number of fused-ring (bicyclic) bond motifs is 1. The Balaban J connectivity index is 1.99. The molecule has 16 heavy (non-hydrogen) atoms. The van der Waals surface area contributed by atoms with Crippen LogP contribution in [0.3, 0.4) is 0 Å². The van der Waals surface area contributed by atoms with Gasteiger partial charge in [-0.2, -0.15) is 11.8 Å². The third kappa shape index (κ3) is 2.59. The Bertz CT molecular complexity index is 378. The fourth-order valence-electron chi connectivity index (χ4n) is 2.06. The van der Waals surface area contributed by atoms with Crippen LogP contribution in [0.15, 0.2) is 24.3 Å². The maximum atomic E-state index is 11.9. The van der Waals surface area contributed by atoms with E-state index in [0.717, 1.165) is 25.3 Å². The molecule has 0 radical (unpaired) electrons. The number of nitrogens with zero attached hydrogens (tertiary/aromatic N) is 1. The van der Waals surface area contributed by atoms with Gasteiger partial charge in [-0.1, -0.05) is 24.3 Å². The molecule has 0 saturated heterocycles. The summed E-state index contributed by atoms with van der Waals surface area (Å²) in [6.45, 7) is 1.67. The number of amides is 1. The molecule has 2 rings (SSSR count). The summed E-state index contributed by atoms with van der Waals surface area (Å²) < 4.78 is 0. The molecule has 0 N–H and O–H groups in total. The number of thioether (sulfide) groups is 1. The Kier molecular flexibility index (Phi) is 3.88. The lowest BCUT2D eigenvalue weighted by Crippen LogP contribution is -2.36. The summed E-state index contributed by atoms with van der Waals surface area (Å²) in [7, 11) is 0. The minimum absolute atomic E-state index is 0.295. The number of carbonyl (C=O) groups is 1. The Morgan fingerprint density at radius 2 is 2.12 bits per heavy atom. The molecule has 0 fully saturated rings. The number of rotatable bonds is 3. The second-order valence-electron chi connectivity index (χ2n) is 4.08. The van der Waals surface area contributed by atoms with Crippen LogP contribution in [0.1, 0.15) is 17.5 Å². The molecule has 0 bridgehead atoms. The van der Waals surface area contributed by atoms with Gasteiger partial charge in [-0.25, -0.2) is 0 Å². The second kappa shape index (κ2) is 5.39. The molecule has 0 spiro atoms. The van der Waals surface area contributed by atoms with Gasteiger partial charge >= 0.3 is 0 Å². The lowest BCUT2D eigenvalue weighted by molar-refractivity contribution is -0.131. The largest absolute Gasteiger partial charge is 0.338 e. The topological polar surface area (TPSA) is 20.3 Å². The number of benzene rings is 1. The maximum Gasteiger partial charge on any atom is 0.223 e. The van der Waals surface area contributed by atoms with Gasteiger partial charge in [0.15, 0.2) is 0 Å². The molecule has 1 heterocycles. The molecular weight excluding hydrogens is 218 g/mol. The fraction of sp³-hybridized carbons (Fsp3) is 0.462. The Hall–Kier alpha value is -0.960. The molecule has 3 heteroatoms. The molecule has 0 aromatic heterocycles. The monoisotopic (exact) mass is 235 g/mol. The van der Waals surface area contributed by atoms with E-state index in [2.05, 4.69) is 24.3 Å². The average molecular weight is 235 g/mol. The van der Waals surface area contributed by atoms with E-state index in [1.54, 1.807) is 11.8 Å². The zero-order valence-electron chi connectivity index (χ0n) is 9.61. The highest BCUT2D eigenvalue weighted by Gasteiger charge is 2.19. The van der Waals surface area contributed by atoms with Gasteiger partial charge < -0.3 is 4.90 Å². The summed E-state index contributed by atoms with van der Waals surface area (Å²) in [5.74, 6) is 1.22. The van der Waals surface area contributed by atoms with Crippen LogP contribution in [0.4, 0.5) is 0 Å². The lowest BCUT2D eigenvalue weighted by atomic mass is 10.00. The number of hydrogen-bond donors (Lipinski definition) is 0. The van der Waals surface area contributed by atoms with Crippen LogP contribution in [0.25, 0.3) is 0 Å². The first-order chi connectivity index (χ1) is 7.81. The highest BCUT2D eigenvalue weighted by Crippen LogP contribution is 2.19. The fourth-order valence-corrected chi connectivity index (χ4v) is 2.43. The summed E-state index contributed by atoms with van der Waals surface area (Å²) >= 11 is 1.73. The van der Waals surface area contributed by atoms with E-state index in [-0.39, 0.29) is 0 Å². The molecule has 1 aromatic rings. The first-order valence-electron chi connectivity index (χ1n) is 5.65. The van der Waals surface area contributed by atoms with E-state index in [1.807, 2.05) is 11.2 Å². The van der Waals surface area contributed by atoms with Crippen LogP contribution in [-0.4, -0.2) is 29.4 Å². The first-order valence-corrected chi connectivity index (χ1v) is 7.04. The van der Waals surface area contributed by atoms with Gasteiger partial charge in [0, 0.05) is 25.3 Å². The lowest BCUT2D eigenvalue weighted by Gasteiger charge is -2.28. The van der Waals surface area contributed by atoms with Gasteiger partial charge in [-0.05, 0) is 23.8 Å². The molecule has 86 valence electrons. The Morgan fingerprint density at radius 3 is 2.88 bits per heavy atom. The quantitative estimate of drug-likeness (QED) is 0.801. The van der Waals surface area contributed by atoms with Crippen molar-refractivity contribution < 1.29 is 4.79 Å². The molecule has 0 atom stereocenters. The van der Waals surface area contributed by atoms with Crippen LogP contribution in [0.2, 0.25) is 0 Å². The predicted molar refractivity (Wildman–Crippen MR) is 68.6 cm³/mol. The summed E-state index contributed by atoms with van der Waals surface area (Å²) in [5.41, 5.74) is 2.71. The molecule has 1 amide bonds. The van der Waals surface area contributed by atoms with E-state index < -0.39 is 0 Å². The van der Waals surface area contributed by atoms with Crippen molar-refractivity contribution in [3.63, 3.8) is 0 Å². The highest BCUT2D eigenvalue weighted by molar-refractivity contribution is 7.98. The van der Waals surface area contributed by atoms with Crippen LogP contribution in [-0.2, 0) is 17.8 Å². The van der Waals surface area contributed by atoms with Crippen LogP contribution in [0, 0.1) is 0 Å². The van der Waals surface area contributed by atoms with E-state index >= 15 is 0 Å². The van der Waals surface area contributed by atoms with E-state index in [4.69, 9.17) is 0 Å². The van der Waals surface area contributed by atoms with E-state index in [1.165, 1.54) is 11.1 Å². The molecule has 0 unspecified atom stereocenters. The van der Waals surface area contributed by atoms with Crippen molar-refractivity contribution >= 4 is 17.7 Å². The summed E-state index contributed by atoms with van der Waals surface area (Å²) in [6, 6.07) is 8.42. The highest BCUT2D eigenvalue weighted by atomic mass is 32.2. The van der Waals surface area contributed by atoms with Crippen LogP contribution in [0.5, 0.6) is 0 Å². The summed E-state index contributed by atoms with van der Waals surface area (Å²) in [4.78, 5) is 13.9. The van der Waals surface area contributed by atoms with E-state index in [9.17, 15) is 4.79 Å². The normalized spacial score (nSPS) is 14.7. The molecule has 2 nitrogen and oxygen atoms in total. The number of carbonyl (C=O) groups excluding carboxylic acids is 1. The zero-order valence-corrected chi connectivity index (χ0v) is 10.4. The Labute approximate surface area is 101 Å². The molecule has 0 aliphatic carbocycles. The maximum absolute atomic E-state index is 11.9. The van der Waals surface area contributed by atoms with Crippen molar-refractivity contribution in [2.24, 2.45) is 0 Å². The SMILES string of the molecule is CSCCC(=O)N1CCc2ccccc2C1. The summed E-state index contributed by atoms with van der Waals surface area (Å²) in [5, 5.41) is 0. The third-order valence-electron chi connectivity index (χ3n) is 3.00. The van der Waals surface area contributed by atoms with Crippen molar-refractivity contribution in [3.05, 3.63) is 35.4 Å². The van der Waals surface area contributed by atoms with Crippen LogP contribution < -0.4 is 0 Å². The number of hydrogen-bond acceptors (Lipinski definition) is 2. The predicted octanol–water partition coefficient (Wildman–Crippen LogP) is 2.32. The van der Waals surface area contributed by atoms with Gasteiger partial charge in [0.25, 0.3) is 0 Å². The molecule has 1 aromatic carbocycles. The van der Waals surface area contributed by atoms with Crippen molar-refractivity contribution in [3.8, 4) is 0 Å². The molecule has 0 saturated carbocycles. The molecule has 1 aliphatic heterocycles. The summed E-state index contributed by atoms with van der Waals surface area (Å²) in [6.07, 6.45) is 3.71. The minimum Gasteiger partial charge on any atom is -0.338 e. The van der Waals surface area contributed by atoms with Gasteiger partial charge in [-0.15, -0.1) is 0 Å². The van der Waals surface area contributed by atoms with Gasteiger partial charge in [-0.3, -0.25) is 4.79 Å². The van der Waals surface area contributed by atoms with Gasteiger partial charge in [0.1, 0.15) is 0 Å². The smallest absolute Gasteiger partial charge is 0.223 e. The van der Waals surface area contributed by atoms with E-state index in [0.29, 0.717) is 12.3 Å². The van der Waals surface area contributed by atoms with Gasteiger partial charge in [0.05, 0.1) is 0 Å². The molecular formula is C13H17NOS. The first kappa shape index (κ1) is 11.5. The standard InChI is InChI=1S/C13H17NOS/c1-16-9-7-13(15)14-8-6-11-4-2-3-5-12(11)10-14/h2-5H,6-10H2,1H3. The van der Waals surface area contributed by atoms with Crippen molar-refractivity contribution in [1.29, 1.82) is 0 Å². The van der Waals surface area contributed by atoms with Gasteiger partial charge in [0.2, 0.25) is 5.91 Å². The third-order valence-corrected chi connectivity index (χ3v) is 3.62. The molecule has 1 aliphatic rings. The average Bonchev–Trinajstić information content (AvgIpc) is 2.35. The zero-order chi connectivity index (χ0) is 11.4. The van der Waals surface area contributed by atoms with Crippen molar-refractivity contribution in [2.45, 2.75) is 19.4 Å². The van der Waals surface area contributed by atoms with Crippen molar-refractivity contribution in [1.82, 2.24) is 4.90 Å². The second-order valence-corrected chi connectivity index (χ2v) is 5.06. The minimum atomic E-state index is 0.295. The van der Waals surface area contributed by atoms with Crippen LogP contribution >= 0.6 is 11.8 Å². The Morgan fingerprint density at radius 1 is 1.38 bits per heavy atom. The van der Waals surface area contributed by atoms with Crippen molar-refractivity contribution in [2.75, 3.05) is 18.6 Å².